The number of nitrogens with zero attached hydrogens (tertiary/aromatic N) is 1. The number of methoxy groups -OCH3 is 2. The molecule has 5 aromatic rings. The molecule has 0 unspecified atom stereocenters. The summed E-state index contributed by atoms with van der Waals surface area (Å²) in [4.78, 5) is 2.43. The fraction of sp³-hybridized carbons (Fsp3) is 0.143. The number of anilines is 2. The van der Waals surface area contributed by atoms with Gasteiger partial charge >= 0.3 is 0 Å². The van der Waals surface area contributed by atoms with Crippen molar-refractivity contribution in [1.29, 1.82) is 0 Å². The molecule has 0 atom stereocenters. The summed E-state index contributed by atoms with van der Waals surface area (Å²) >= 11 is 0. The van der Waals surface area contributed by atoms with E-state index in [0.29, 0.717) is 0 Å². The second-order valence-corrected chi connectivity index (χ2v) is 10.0. The second kappa shape index (κ2) is 9.25. The van der Waals surface area contributed by atoms with Crippen molar-refractivity contribution in [2.75, 3.05) is 25.7 Å². The van der Waals surface area contributed by atoms with Gasteiger partial charge in [-0.25, -0.2) is 0 Å². The van der Waals surface area contributed by atoms with Gasteiger partial charge in [0.2, 0.25) is 0 Å². The van der Waals surface area contributed by atoms with Gasteiger partial charge in [-0.3, -0.25) is 0 Å². The molecule has 4 nitrogen and oxygen atoms in total. The third-order valence-corrected chi connectivity index (χ3v) is 8.00. The van der Waals surface area contributed by atoms with E-state index in [9.17, 15) is 0 Å². The van der Waals surface area contributed by atoms with Gasteiger partial charge in [0.25, 0.3) is 0 Å². The highest BCUT2D eigenvalue weighted by molar-refractivity contribution is 6.03. The first-order chi connectivity index (χ1) is 19.2. The fourth-order valence-electron chi connectivity index (χ4n) is 5.98. The number of ether oxygens (including phenoxy) is 3. The Hall–Kier alpha value is -4.70. The Morgan fingerprint density at radius 1 is 0.692 bits per heavy atom. The first-order valence-electron chi connectivity index (χ1n) is 13.3. The standard InChI is InChI=1S/C35H29NO3/c1-37-27-15-11-25(12-16-27)35(26-13-17-28(38-2)18-14-26)21-19-31-29-8-4-5-9-30(29)33(23-34(31)39-35)36-22-20-24-7-3-6-10-32(24)36/h3-19,21,23H,20,22H2,1-2H3. The number of benzene rings is 5. The van der Waals surface area contributed by atoms with E-state index in [2.05, 4.69) is 95.9 Å². The number of hydrogen-bond acceptors (Lipinski definition) is 4. The summed E-state index contributed by atoms with van der Waals surface area (Å²) in [6, 6.07) is 35.8. The van der Waals surface area contributed by atoms with Crippen molar-refractivity contribution in [3.63, 3.8) is 0 Å². The predicted molar refractivity (Wildman–Crippen MR) is 158 cm³/mol. The van der Waals surface area contributed by atoms with Gasteiger partial charge in [-0.05, 0) is 59.9 Å². The van der Waals surface area contributed by atoms with Crippen LogP contribution < -0.4 is 19.1 Å². The van der Waals surface area contributed by atoms with Crippen molar-refractivity contribution in [3.8, 4) is 17.2 Å². The Morgan fingerprint density at radius 2 is 1.31 bits per heavy atom. The zero-order chi connectivity index (χ0) is 26.4. The van der Waals surface area contributed by atoms with Crippen LogP contribution in [-0.4, -0.2) is 20.8 Å². The molecule has 0 bridgehead atoms. The van der Waals surface area contributed by atoms with Gasteiger partial charge in [0.1, 0.15) is 17.2 Å². The second-order valence-electron chi connectivity index (χ2n) is 10.0. The van der Waals surface area contributed by atoms with Crippen molar-refractivity contribution < 1.29 is 14.2 Å². The van der Waals surface area contributed by atoms with Crippen molar-refractivity contribution in [2.24, 2.45) is 0 Å². The summed E-state index contributed by atoms with van der Waals surface area (Å²) in [7, 11) is 3.37. The average molecular weight is 512 g/mol. The Kier molecular flexibility index (Phi) is 5.55. The number of hydrogen-bond donors (Lipinski definition) is 0. The molecule has 39 heavy (non-hydrogen) atoms. The molecule has 2 aliphatic heterocycles. The van der Waals surface area contributed by atoms with Crippen molar-refractivity contribution in [2.45, 2.75) is 12.0 Å². The van der Waals surface area contributed by atoms with E-state index >= 15 is 0 Å². The molecule has 192 valence electrons. The SMILES string of the molecule is COc1ccc(C2(c3ccc(OC)cc3)C=Cc3c(cc(N4CCc5ccccc54)c4ccccc34)O2)cc1. The van der Waals surface area contributed by atoms with Crippen LogP contribution in [0.1, 0.15) is 22.3 Å². The largest absolute Gasteiger partial charge is 0.497 e. The van der Waals surface area contributed by atoms with Gasteiger partial charge in [-0.1, -0.05) is 66.7 Å². The van der Waals surface area contributed by atoms with E-state index in [1.165, 1.54) is 27.7 Å². The predicted octanol–water partition coefficient (Wildman–Crippen LogP) is 7.90. The lowest BCUT2D eigenvalue weighted by molar-refractivity contribution is 0.161. The van der Waals surface area contributed by atoms with Crippen LogP contribution >= 0.6 is 0 Å². The molecule has 7 rings (SSSR count). The molecule has 0 N–H and O–H groups in total. The Bertz CT molecular complexity index is 1660. The van der Waals surface area contributed by atoms with Crippen LogP contribution in [0.5, 0.6) is 17.2 Å². The highest BCUT2D eigenvalue weighted by Crippen LogP contribution is 2.48. The molecule has 4 heteroatoms. The summed E-state index contributed by atoms with van der Waals surface area (Å²) in [5.74, 6) is 2.48. The first kappa shape index (κ1) is 23.4. The minimum absolute atomic E-state index is 0.810. The van der Waals surface area contributed by atoms with E-state index in [0.717, 1.165) is 46.9 Å². The molecule has 5 aromatic carbocycles. The number of rotatable bonds is 5. The molecule has 0 aliphatic carbocycles. The van der Waals surface area contributed by atoms with E-state index in [4.69, 9.17) is 14.2 Å². The quantitative estimate of drug-likeness (QED) is 0.240. The minimum atomic E-state index is -0.811. The van der Waals surface area contributed by atoms with E-state index in [1.807, 2.05) is 24.3 Å². The van der Waals surface area contributed by atoms with Gasteiger partial charge in [0.15, 0.2) is 5.60 Å². The maximum atomic E-state index is 7.14. The number of para-hydroxylation sites is 1. The Morgan fingerprint density at radius 3 is 1.97 bits per heavy atom. The van der Waals surface area contributed by atoms with Gasteiger partial charge < -0.3 is 19.1 Å². The van der Waals surface area contributed by atoms with Crippen molar-refractivity contribution >= 4 is 28.2 Å². The van der Waals surface area contributed by atoms with E-state index in [-0.39, 0.29) is 0 Å². The summed E-state index contributed by atoms with van der Waals surface area (Å²) < 4.78 is 18.0. The van der Waals surface area contributed by atoms with Gasteiger partial charge in [0.05, 0.1) is 19.9 Å². The maximum absolute atomic E-state index is 7.14. The minimum Gasteiger partial charge on any atom is -0.497 e. The maximum Gasteiger partial charge on any atom is 0.178 e. The molecule has 0 spiro atoms. The van der Waals surface area contributed by atoms with Crippen LogP contribution in [0.15, 0.2) is 109 Å². The van der Waals surface area contributed by atoms with Crippen LogP contribution in [0.25, 0.3) is 16.8 Å². The third kappa shape index (κ3) is 3.75. The summed E-state index contributed by atoms with van der Waals surface area (Å²) in [6.07, 6.45) is 5.43. The van der Waals surface area contributed by atoms with E-state index < -0.39 is 5.60 Å². The molecule has 0 radical (unpaired) electrons. The van der Waals surface area contributed by atoms with Crippen LogP contribution in [0.4, 0.5) is 11.4 Å². The summed E-state index contributed by atoms with van der Waals surface area (Å²) in [5.41, 5.74) is 6.15. The molecule has 0 saturated carbocycles. The summed E-state index contributed by atoms with van der Waals surface area (Å²) in [5, 5.41) is 2.41. The monoisotopic (exact) mass is 511 g/mol. The van der Waals surface area contributed by atoms with Gasteiger partial charge in [0, 0.05) is 40.4 Å². The topological polar surface area (TPSA) is 30.9 Å². The lowest BCUT2D eigenvalue weighted by atomic mass is 9.83. The molecule has 0 fully saturated rings. The zero-order valence-corrected chi connectivity index (χ0v) is 22.1. The molecule has 0 aromatic heterocycles. The zero-order valence-electron chi connectivity index (χ0n) is 22.1. The molecule has 0 saturated heterocycles. The molecule has 2 aliphatic rings. The van der Waals surface area contributed by atoms with Crippen LogP contribution in [0.2, 0.25) is 0 Å². The first-order valence-corrected chi connectivity index (χ1v) is 13.3. The smallest absolute Gasteiger partial charge is 0.178 e. The van der Waals surface area contributed by atoms with Crippen LogP contribution in [-0.2, 0) is 12.0 Å². The van der Waals surface area contributed by atoms with E-state index in [1.54, 1.807) is 14.2 Å². The molecular formula is C35H29NO3. The van der Waals surface area contributed by atoms with Gasteiger partial charge in [-0.15, -0.1) is 0 Å². The van der Waals surface area contributed by atoms with Crippen molar-refractivity contribution in [1.82, 2.24) is 0 Å². The lowest BCUT2D eigenvalue weighted by Crippen LogP contribution is -2.34. The van der Waals surface area contributed by atoms with Gasteiger partial charge in [-0.2, -0.15) is 0 Å². The normalized spacial score (nSPS) is 15.0. The van der Waals surface area contributed by atoms with Crippen LogP contribution in [0.3, 0.4) is 0 Å². The third-order valence-electron chi connectivity index (χ3n) is 8.00. The number of fused-ring (bicyclic) bond motifs is 4. The fourth-order valence-corrected chi connectivity index (χ4v) is 5.98. The lowest BCUT2D eigenvalue weighted by Gasteiger charge is -2.37. The highest BCUT2D eigenvalue weighted by Gasteiger charge is 2.38. The Balaban J connectivity index is 1.43. The Labute approximate surface area is 228 Å². The summed E-state index contributed by atoms with van der Waals surface area (Å²) in [6.45, 7) is 0.945. The molecule has 0 amide bonds. The molecular weight excluding hydrogens is 482 g/mol. The van der Waals surface area contributed by atoms with Crippen molar-refractivity contribution in [3.05, 3.63) is 131 Å². The molecule has 2 heterocycles. The van der Waals surface area contributed by atoms with Crippen LogP contribution in [0, 0.1) is 0 Å². The average Bonchev–Trinajstić information content (AvgIpc) is 3.44. The highest BCUT2D eigenvalue weighted by atomic mass is 16.5.